The third-order valence-corrected chi connectivity index (χ3v) is 5.76. The molecule has 2 aromatic carbocycles. The first-order chi connectivity index (χ1) is 13.8. The number of anilines is 1. The van der Waals surface area contributed by atoms with Gasteiger partial charge in [-0.25, -0.2) is 0 Å². The van der Waals surface area contributed by atoms with Crippen LogP contribution in [0.4, 0.5) is 5.69 Å². The highest BCUT2D eigenvalue weighted by atomic mass is 32.2. The molecule has 0 saturated carbocycles. The van der Waals surface area contributed by atoms with Crippen LogP contribution in [0, 0.1) is 13.8 Å². The molecule has 2 amide bonds. The van der Waals surface area contributed by atoms with Gasteiger partial charge in [-0.2, -0.15) is 0 Å². The van der Waals surface area contributed by atoms with Crippen LogP contribution in [-0.2, 0) is 9.59 Å². The summed E-state index contributed by atoms with van der Waals surface area (Å²) in [5.74, 6) is -0.511. The summed E-state index contributed by atoms with van der Waals surface area (Å²) in [6, 6.07) is 15.7. The molecule has 0 radical (unpaired) electrons. The zero-order valence-corrected chi connectivity index (χ0v) is 18.2. The standard InChI is InChI=1S/C23H22N2O2S2/c1-15-9-10-19(17(3)11-15)24-21(26)14-25-22(27)20(29-23(25)28)13-16(2)12-18-7-5-4-6-8-18/h4-13H,14H2,1-3H3,(H,24,26)/b16-12+,20-13+. The average molecular weight is 423 g/mol. The van der Waals surface area contributed by atoms with E-state index in [1.807, 2.05) is 81.5 Å². The maximum absolute atomic E-state index is 12.7. The van der Waals surface area contributed by atoms with Crippen LogP contribution < -0.4 is 5.32 Å². The molecule has 2 aromatic rings. The second-order valence-electron chi connectivity index (χ2n) is 6.93. The van der Waals surface area contributed by atoms with E-state index in [2.05, 4.69) is 5.32 Å². The van der Waals surface area contributed by atoms with Gasteiger partial charge in [0.15, 0.2) is 0 Å². The Morgan fingerprint density at radius 1 is 1.17 bits per heavy atom. The summed E-state index contributed by atoms with van der Waals surface area (Å²) in [6.45, 7) is 5.77. The molecule has 0 bridgehead atoms. The fourth-order valence-corrected chi connectivity index (χ4v) is 4.29. The first-order valence-corrected chi connectivity index (χ1v) is 10.4. The first-order valence-electron chi connectivity index (χ1n) is 9.19. The van der Waals surface area contributed by atoms with Crippen LogP contribution in [-0.4, -0.2) is 27.6 Å². The van der Waals surface area contributed by atoms with Gasteiger partial charge >= 0.3 is 0 Å². The number of hydrogen-bond acceptors (Lipinski definition) is 4. The lowest BCUT2D eigenvalue weighted by Gasteiger charge is -2.15. The lowest BCUT2D eigenvalue weighted by atomic mass is 10.1. The second-order valence-corrected chi connectivity index (χ2v) is 8.61. The molecule has 1 saturated heterocycles. The van der Waals surface area contributed by atoms with E-state index in [0.717, 1.165) is 28.0 Å². The normalized spacial score (nSPS) is 15.9. The Labute approximate surface area is 180 Å². The van der Waals surface area contributed by atoms with Gasteiger partial charge in [-0.1, -0.05) is 78.1 Å². The lowest BCUT2D eigenvalue weighted by molar-refractivity contribution is -0.126. The van der Waals surface area contributed by atoms with Crippen LogP contribution in [0.5, 0.6) is 0 Å². The van der Waals surface area contributed by atoms with Crippen molar-refractivity contribution in [3.05, 3.63) is 81.8 Å². The molecule has 6 heteroatoms. The summed E-state index contributed by atoms with van der Waals surface area (Å²) in [6.07, 6.45) is 3.81. The molecule has 148 valence electrons. The zero-order chi connectivity index (χ0) is 21.0. The van der Waals surface area contributed by atoms with Gasteiger partial charge in [0, 0.05) is 5.69 Å². The monoisotopic (exact) mass is 422 g/mol. The molecule has 0 spiro atoms. The smallest absolute Gasteiger partial charge is 0.266 e. The van der Waals surface area contributed by atoms with Crippen molar-refractivity contribution < 1.29 is 9.59 Å². The van der Waals surface area contributed by atoms with Crippen LogP contribution in [0.2, 0.25) is 0 Å². The molecule has 0 atom stereocenters. The van der Waals surface area contributed by atoms with Crippen molar-refractivity contribution in [2.45, 2.75) is 20.8 Å². The van der Waals surface area contributed by atoms with Crippen LogP contribution in [0.25, 0.3) is 6.08 Å². The number of carbonyl (C=O) groups excluding carboxylic acids is 2. The van der Waals surface area contributed by atoms with Crippen molar-refractivity contribution in [2.24, 2.45) is 0 Å². The molecule has 1 aliphatic heterocycles. The minimum Gasteiger partial charge on any atom is -0.324 e. The predicted octanol–water partition coefficient (Wildman–Crippen LogP) is 5.09. The van der Waals surface area contributed by atoms with E-state index in [-0.39, 0.29) is 18.4 Å². The van der Waals surface area contributed by atoms with Gasteiger partial charge in [-0.15, -0.1) is 0 Å². The SMILES string of the molecule is CC(=C\c1ccccc1)/C=C1/SC(=S)N(CC(=O)Nc2ccc(C)cc2C)C1=O. The van der Waals surface area contributed by atoms with Gasteiger partial charge in [0.25, 0.3) is 5.91 Å². The third-order valence-electron chi connectivity index (χ3n) is 4.38. The number of rotatable bonds is 5. The molecule has 3 rings (SSSR count). The lowest BCUT2D eigenvalue weighted by Crippen LogP contribution is -2.36. The second kappa shape index (κ2) is 9.20. The van der Waals surface area contributed by atoms with E-state index in [9.17, 15) is 9.59 Å². The quantitative estimate of drug-likeness (QED) is 0.539. The van der Waals surface area contributed by atoms with Crippen molar-refractivity contribution in [2.75, 3.05) is 11.9 Å². The van der Waals surface area contributed by atoms with Crippen LogP contribution in [0.15, 0.2) is 65.1 Å². The topological polar surface area (TPSA) is 49.4 Å². The Morgan fingerprint density at radius 3 is 2.59 bits per heavy atom. The largest absolute Gasteiger partial charge is 0.324 e. The van der Waals surface area contributed by atoms with Crippen molar-refractivity contribution >= 4 is 51.9 Å². The van der Waals surface area contributed by atoms with Gasteiger partial charge in [0.05, 0.1) is 4.91 Å². The Morgan fingerprint density at radius 2 is 1.90 bits per heavy atom. The highest BCUT2D eigenvalue weighted by Crippen LogP contribution is 2.32. The maximum atomic E-state index is 12.7. The van der Waals surface area contributed by atoms with Crippen LogP contribution in [0.1, 0.15) is 23.6 Å². The molecule has 1 N–H and O–H groups in total. The molecular weight excluding hydrogens is 400 g/mol. The highest BCUT2D eigenvalue weighted by Gasteiger charge is 2.33. The number of nitrogens with one attached hydrogen (secondary N) is 1. The minimum atomic E-state index is -0.272. The molecule has 0 aromatic heterocycles. The average Bonchev–Trinajstić information content (AvgIpc) is 2.92. The van der Waals surface area contributed by atoms with Crippen LogP contribution >= 0.6 is 24.0 Å². The molecule has 0 unspecified atom stereocenters. The number of amides is 2. The van der Waals surface area contributed by atoms with E-state index in [1.54, 1.807) is 0 Å². The Bertz CT molecular complexity index is 1030. The third kappa shape index (κ3) is 5.43. The summed E-state index contributed by atoms with van der Waals surface area (Å²) in [5, 5.41) is 2.86. The van der Waals surface area contributed by atoms with Crippen molar-refractivity contribution in [3.63, 3.8) is 0 Å². The summed E-state index contributed by atoms with van der Waals surface area (Å²) >= 11 is 6.55. The molecule has 4 nitrogen and oxygen atoms in total. The Kier molecular flexibility index (Phi) is 6.67. The fraction of sp³-hybridized carbons (Fsp3) is 0.174. The van der Waals surface area contributed by atoms with Gasteiger partial charge in [-0.3, -0.25) is 14.5 Å². The number of aryl methyl sites for hydroxylation is 2. The summed E-state index contributed by atoms with van der Waals surface area (Å²) in [7, 11) is 0. The van der Waals surface area contributed by atoms with E-state index in [1.165, 1.54) is 16.7 Å². The van der Waals surface area contributed by atoms with E-state index in [0.29, 0.717) is 9.23 Å². The number of nitrogens with zero attached hydrogens (tertiary/aromatic N) is 1. The molecule has 1 aliphatic rings. The van der Waals surface area contributed by atoms with Gasteiger partial charge in [-0.05, 0) is 49.6 Å². The number of carbonyl (C=O) groups is 2. The van der Waals surface area contributed by atoms with Crippen LogP contribution in [0.3, 0.4) is 0 Å². The molecular formula is C23H22N2O2S2. The minimum absolute atomic E-state index is 0.100. The van der Waals surface area contributed by atoms with E-state index < -0.39 is 0 Å². The van der Waals surface area contributed by atoms with E-state index >= 15 is 0 Å². The Balaban J connectivity index is 1.68. The predicted molar refractivity (Wildman–Crippen MR) is 125 cm³/mol. The molecule has 1 heterocycles. The summed E-state index contributed by atoms with van der Waals surface area (Å²) in [5.41, 5.74) is 4.84. The summed E-state index contributed by atoms with van der Waals surface area (Å²) in [4.78, 5) is 27.1. The fourth-order valence-electron chi connectivity index (χ4n) is 2.98. The number of hydrogen-bond donors (Lipinski definition) is 1. The number of thioether (sulfide) groups is 1. The molecule has 0 aliphatic carbocycles. The van der Waals surface area contributed by atoms with Crippen molar-refractivity contribution in [1.29, 1.82) is 0 Å². The molecule has 1 fully saturated rings. The maximum Gasteiger partial charge on any atom is 0.266 e. The number of allylic oxidation sites excluding steroid dienone is 2. The Hall–Kier alpha value is -2.70. The van der Waals surface area contributed by atoms with Gasteiger partial charge < -0.3 is 5.32 Å². The van der Waals surface area contributed by atoms with Gasteiger partial charge in [0.1, 0.15) is 10.9 Å². The first kappa shape index (κ1) is 21.0. The number of thiocarbonyl (C=S) groups is 1. The zero-order valence-electron chi connectivity index (χ0n) is 16.6. The number of benzene rings is 2. The van der Waals surface area contributed by atoms with Crippen molar-refractivity contribution in [3.8, 4) is 0 Å². The van der Waals surface area contributed by atoms with E-state index in [4.69, 9.17) is 12.2 Å². The highest BCUT2D eigenvalue weighted by molar-refractivity contribution is 8.26. The van der Waals surface area contributed by atoms with Crippen molar-refractivity contribution in [1.82, 2.24) is 4.90 Å². The summed E-state index contributed by atoms with van der Waals surface area (Å²) < 4.78 is 0.393. The molecule has 29 heavy (non-hydrogen) atoms. The van der Waals surface area contributed by atoms with Gasteiger partial charge in [0.2, 0.25) is 5.91 Å².